The molecule has 0 amide bonds. The van der Waals surface area contributed by atoms with Gasteiger partial charge in [-0.25, -0.2) is 0 Å². The lowest BCUT2D eigenvalue weighted by Crippen LogP contribution is -2.24. The van der Waals surface area contributed by atoms with Gasteiger partial charge >= 0.3 is 0 Å². The molecule has 1 unspecified atom stereocenters. The first-order valence-corrected chi connectivity index (χ1v) is 6.48. The molecular weight excluding hydrogens is 260 g/mol. The Kier molecular flexibility index (Phi) is 11.1. The molecule has 0 aromatic carbocycles. The zero-order valence-electron chi connectivity index (χ0n) is 9.75. The second kappa shape index (κ2) is 10.9. The maximum atomic E-state index is 8.61. The minimum Gasteiger partial charge on any atom is -0.396 e. The largest absolute Gasteiger partial charge is 0.396 e. The molecule has 4 heteroatoms. The van der Waals surface area contributed by atoms with Crippen LogP contribution in [0.2, 0.25) is 0 Å². The topological polar surface area (TPSA) is 38.7 Å². The monoisotopic (exact) mass is 282 g/mol. The third kappa shape index (κ3) is 8.20. The molecule has 15 heavy (non-hydrogen) atoms. The van der Waals surface area contributed by atoms with Crippen LogP contribution in [-0.2, 0) is 9.47 Å². The van der Waals surface area contributed by atoms with Crippen molar-refractivity contribution in [3.63, 3.8) is 0 Å². The predicted octanol–water partition coefficient (Wildman–Crippen LogP) is 2.70. The molecule has 0 aromatic heterocycles. The highest BCUT2D eigenvalue weighted by atomic mass is 79.9. The van der Waals surface area contributed by atoms with Crippen molar-refractivity contribution in [1.29, 1.82) is 0 Å². The van der Waals surface area contributed by atoms with E-state index in [9.17, 15) is 0 Å². The third-order valence-electron chi connectivity index (χ3n) is 2.40. The van der Waals surface area contributed by atoms with Crippen molar-refractivity contribution in [2.24, 2.45) is 0 Å². The van der Waals surface area contributed by atoms with Gasteiger partial charge in [0.2, 0.25) is 0 Å². The fourth-order valence-electron chi connectivity index (χ4n) is 1.51. The summed E-state index contributed by atoms with van der Waals surface area (Å²) >= 11 is 3.56. The number of unbranched alkanes of at least 4 members (excludes halogenated alkanes) is 4. The average Bonchev–Trinajstić information content (AvgIpc) is 2.25. The summed E-state index contributed by atoms with van der Waals surface area (Å²) in [6.45, 7) is 0.316. The molecule has 0 aliphatic rings. The highest BCUT2D eigenvalue weighted by molar-refractivity contribution is 9.09. The van der Waals surface area contributed by atoms with E-state index in [4.69, 9.17) is 14.6 Å². The van der Waals surface area contributed by atoms with Gasteiger partial charge < -0.3 is 14.6 Å². The van der Waals surface area contributed by atoms with Gasteiger partial charge in [0.1, 0.15) is 0 Å². The van der Waals surface area contributed by atoms with Crippen LogP contribution in [0, 0.1) is 0 Å². The van der Waals surface area contributed by atoms with Crippen LogP contribution in [0.15, 0.2) is 0 Å². The Labute approximate surface area is 101 Å². The minimum atomic E-state index is -0.151. The Hall–Kier alpha value is 0.360. The van der Waals surface area contributed by atoms with Gasteiger partial charge in [-0.3, -0.25) is 0 Å². The first-order chi connectivity index (χ1) is 7.26. The van der Waals surface area contributed by atoms with Crippen LogP contribution >= 0.6 is 15.9 Å². The summed E-state index contributed by atoms with van der Waals surface area (Å²) in [6, 6.07) is 0. The van der Waals surface area contributed by atoms with Crippen molar-refractivity contribution >= 4 is 15.9 Å². The van der Waals surface area contributed by atoms with Crippen LogP contribution in [0.25, 0.3) is 0 Å². The summed E-state index contributed by atoms with van der Waals surface area (Å²) < 4.78 is 10.3. The number of alkyl halides is 1. The maximum Gasteiger partial charge on any atom is 0.169 e. The van der Waals surface area contributed by atoms with E-state index in [2.05, 4.69) is 15.9 Å². The van der Waals surface area contributed by atoms with E-state index in [1.54, 1.807) is 14.2 Å². The summed E-state index contributed by atoms with van der Waals surface area (Å²) in [6.07, 6.45) is 6.55. The van der Waals surface area contributed by atoms with Crippen molar-refractivity contribution in [2.45, 2.75) is 49.6 Å². The number of aliphatic hydroxyl groups is 1. The van der Waals surface area contributed by atoms with Crippen LogP contribution in [0.3, 0.4) is 0 Å². The highest BCUT2D eigenvalue weighted by Crippen LogP contribution is 2.18. The molecule has 0 aliphatic carbocycles. The fourth-order valence-corrected chi connectivity index (χ4v) is 2.26. The third-order valence-corrected chi connectivity index (χ3v) is 3.29. The first kappa shape index (κ1) is 15.4. The highest BCUT2D eigenvalue weighted by Gasteiger charge is 2.16. The molecule has 92 valence electrons. The van der Waals surface area contributed by atoms with Crippen LogP contribution in [-0.4, -0.2) is 37.1 Å². The van der Waals surface area contributed by atoms with Gasteiger partial charge in [-0.2, -0.15) is 0 Å². The molecule has 0 saturated carbocycles. The molecule has 0 heterocycles. The molecule has 1 atom stereocenters. The summed E-state index contributed by atoms with van der Waals surface area (Å²) in [5, 5.41) is 8.61. The van der Waals surface area contributed by atoms with E-state index in [-0.39, 0.29) is 11.1 Å². The molecule has 0 spiro atoms. The molecule has 3 nitrogen and oxygen atoms in total. The maximum absolute atomic E-state index is 8.61. The summed E-state index contributed by atoms with van der Waals surface area (Å²) in [4.78, 5) is 0.269. The van der Waals surface area contributed by atoms with E-state index < -0.39 is 0 Å². The number of hydrogen-bond donors (Lipinski definition) is 1. The Morgan fingerprint density at radius 2 is 1.53 bits per heavy atom. The van der Waals surface area contributed by atoms with Crippen molar-refractivity contribution in [1.82, 2.24) is 0 Å². The number of rotatable bonds is 10. The molecule has 0 saturated heterocycles. The summed E-state index contributed by atoms with van der Waals surface area (Å²) in [7, 11) is 3.31. The molecule has 0 rings (SSSR count). The van der Waals surface area contributed by atoms with Gasteiger partial charge in [-0.15, -0.1) is 0 Å². The Bertz CT molecular complexity index is 129. The van der Waals surface area contributed by atoms with Gasteiger partial charge in [0.05, 0.1) is 4.83 Å². The van der Waals surface area contributed by atoms with E-state index >= 15 is 0 Å². The number of halogens is 1. The Morgan fingerprint density at radius 3 is 2.07 bits per heavy atom. The quantitative estimate of drug-likeness (QED) is 0.380. The molecule has 0 bridgehead atoms. The lowest BCUT2D eigenvalue weighted by Gasteiger charge is -2.19. The second-order valence-corrected chi connectivity index (χ2v) is 4.81. The van der Waals surface area contributed by atoms with Gasteiger partial charge in [0.15, 0.2) is 6.29 Å². The fraction of sp³-hybridized carbons (Fsp3) is 1.00. The van der Waals surface area contributed by atoms with Crippen molar-refractivity contribution in [3.05, 3.63) is 0 Å². The number of aliphatic hydroxyl groups excluding tert-OH is 1. The second-order valence-electron chi connectivity index (χ2n) is 3.64. The molecule has 1 N–H and O–H groups in total. The zero-order valence-corrected chi connectivity index (χ0v) is 11.3. The molecule has 0 aromatic rings. The van der Waals surface area contributed by atoms with Gasteiger partial charge in [0, 0.05) is 20.8 Å². The van der Waals surface area contributed by atoms with Crippen molar-refractivity contribution < 1.29 is 14.6 Å². The minimum absolute atomic E-state index is 0.151. The SMILES string of the molecule is COC(OC)C(Br)CCCCCCCO. The zero-order chi connectivity index (χ0) is 11.5. The smallest absolute Gasteiger partial charge is 0.169 e. The van der Waals surface area contributed by atoms with Crippen LogP contribution in [0.1, 0.15) is 38.5 Å². The van der Waals surface area contributed by atoms with Crippen LogP contribution < -0.4 is 0 Å². The van der Waals surface area contributed by atoms with Crippen molar-refractivity contribution in [3.8, 4) is 0 Å². The Morgan fingerprint density at radius 1 is 1.00 bits per heavy atom. The lowest BCUT2D eigenvalue weighted by atomic mass is 10.1. The summed E-state index contributed by atoms with van der Waals surface area (Å²) in [5.74, 6) is 0. The number of ether oxygens (including phenoxy) is 2. The summed E-state index contributed by atoms with van der Waals surface area (Å²) in [5.41, 5.74) is 0. The van der Waals surface area contributed by atoms with E-state index in [1.807, 2.05) is 0 Å². The number of hydrogen-bond acceptors (Lipinski definition) is 3. The molecule has 0 fully saturated rings. The molecule has 0 aliphatic heterocycles. The first-order valence-electron chi connectivity index (χ1n) is 5.56. The lowest BCUT2D eigenvalue weighted by molar-refractivity contribution is -0.101. The molecule has 0 radical (unpaired) electrons. The normalized spacial score (nSPS) is 13.4. The van der Waals surface area contributed by atoms with Gasteiger partial charge in [-0.05, 0) is 12.8 Å². The standard InChI is InChI=1S/C11H23BrO3/c1-14-11(15-2)10(12)8-6-4-3-5-7-9-13/h10-11,13H,3-9H2,1-2H3. The average molecular weight is 283 g/mol. The van der Waals surface area contributed by atoms with E-state index in [0.717, 1.165) is 19.3 Å². The van der Waals surface area contributed by atoms with E-state index in [0.29, 0.717) is 6.61 Å². The Balaban J connectivity index is 3.33. The van der Waals surface area contributed by atoms with Crippen molar-refractivity contribution in [2.75, 3.05) is 20.8 Å². The number of methoxy groups -OCH3 is 2. The molecular formula is C11H23BrO3. The predicted molar refractivity (Wildman–Crippen MR) is 65.3 cm³/mol. The van der Waals surface area contributed by atoms with Gasteiger partial charge in [-0.1, -0.05) is 41.6 Å². The van der Waals surface area contributed by atoms with Crippen LogP contribution in [0.5, 0.6) is 0 Å². The van der Waals surface area contributed by atoms with Gasteiger partial charge in [0.25, 0.3) is 0 Å². The van der Waals surface area contributed by atoms with Crippen LogP contribution in [0.4, 0.5) is 0 Å². The van der Waals surface area contributed by atoms with E-state index in [1.165, 1.54) is 19.3 Å².